The number of methoxy groups -OCH3 is 1. The number of pyridine rings is 1. The highest BCUT2D eigenvalue weighted by Crippen LogP contribution is 2.23. The number of carbonyl (C=O) groups is 1. The molecule has 0 aliphatic heterocycles. The van der Waals surface area contributed by atoms with E-state index in [1.54, 1.807) is 18.2 Å². The summed E-state index contributed by atoms with van der Waals surface area (Å²) in [5, 5.41) is 0. The Labute approximate surface area is 117 Å². The fourth-order valence-electron chi connectivity index (χ4n) is 1.67. The van der Waals surface area contributed by atoms with Gasteiger partial charge in [0.1, 0.15) is 12.4 Å². The number of nitrogen functional groups attached to an aromatic ring is 1. The number of hydrogen-bond acceptors (Lipinski definition) is 5. The molecule has 0 spiro atoms. The highest BCUT2D eigenvalue weighted by atomic mass is 16.5. The number of aromatic nitrogens is 1. The lowest BCUT2D eigenvalue weighted by atomic mass is 10.2. The predicted molar refractivity (Wildman–Crippen MR) is 75.5 cm³/mol. The zero-order chi connectivity index (χ0) is 14.5. The second kappa shape index (κ2) is 6.06. The molecule has 0 aliphatic rings. The van der Waals surface area contributed by atoms with Gasteiger partial charge < -0.3 is 15.2 Å². The van der Waals surface area contributed by atoms with Crippen molar-refractivity contribution in [3.8, 4) is 5.75 Å². The summed E-state index contributed by atoms with van der Waals surface area (Å²) in [7, 11) is 1.33. The molecule has 0 amide bonds. The molecule has 0 bridgehead atoms. The molecule has 0 fully saturated rings. The molecular formula is C15H16N2O3. The number of ether oxygens (including phenoxy) is 2. The third-order valence-electron chi connectivity index (χ3n) is 2.79. The Morgan fingerprint density at radius 3 is 2.75 bits per heavy atom. The number of hydrogen-bond donors (Lipinski definition) is 1. The van der Waals surface area contributed by atoms with Crippen LogP contribution in [0.5, 0.6) is 5.75 Å². The van der Waals surface area contributed by atoms with Crippen LogP contribution in [0.15, 0.2) is 36.5 Å². The average Bonchev–Trinajstić information content (AvgIpc) is 2.48. The summed E-state index contributed by atoms with van der Waals surface area (Å²) in [5.74, 6) is 0.219. The van der Waals surface area contributed by atoms with Gasteiger partial charge in [0, 0.05) is 6.20 Å². The van der Waals surface area contributed by atoms with Gasteiger partial charge in [-0.15, -0.1) is 0 Å². The summed E-state index contributed by atoms with van der Waals surface area (Å²) in [5.41, 5.74) is 8.60. The van der Waals surface area contributed by atoms with Crippen LogP contribution in [0.4, 0.5) is 5.69 Å². The van der Waals surface area contributed by atoms with E-state index in [2.05, 4.69) is 9.72 Å². The molecule has 2 N–H and O–H groups in total. The number of rotatable bonds is 4. The number of esters is 1. The van der Waals surface area contributed by atoms with E-state index in [4.69, 9.17) is 10.5 Å². The van der Waals surface area contributed by atoms with Gasteiger partial charge in [0.05, 0.1) is 24.1 Å². The van der Waals surface area contributed by atoms with Crippen LogP contribution in [0.25, 0.3) is 0 Å². The van der Waals surface area contributed by atoms with Gasteiger partial charge in [-0.2, -0.15) is 0 Å². The van der Waals surface area contributed by atoms with Gasteiger partial charge in [-0.05, 0) is 36.8 Å². The first kappa shape index (κ1) is 13.9. The Kier molecular flexibility index (Phi) is 4.20. The summed E-state index contributed by atoms with van der Waals surface area (Å²) >= 11 is 0. The molecule has 1 aromatic carbocycles. The average molecular weight is 272 g/mol. The second-order valence-electron chi connectivity index (χ2n) is 4.36. The lowest BCUT2D eigenvalue weighted by Gasteiger charge is -2.09. The van der Waals surface area contributed by atoms with Crippen molar-refractivity contribution in [2.75, 3.05) is 12.8 Å². The minimum Gasteiger partial charge on any atom is -0.485 e. The Balaban J connectivity index is 2.04. The van der Waals surface area contributed by atoms with Gasteiger partial charge in [-0.1, -0.05) is 6.07 Å². The second-order valence-corrected chi connectivity index (χ2v) is 4.36. The van der Waals surface area contributed by atoms with E-state index in [1.807, 2.05) is 19.1 Å². The largest absolute Gasteiger partial charge is 0.485 e. The van der Waals surface area contributed by atoms with E-state index < -0.39 is 5.97 Å². The Hall–Kier alpha value is -2.56. The van der Waals surface area contributed by atoms with Crippen LogP contribution in [0.1, 0.15) is 21.6 Å². The molecule has 0 unspecified atom stereocenters. The first-order chi connectivity index (χ1) is 9.60. The molecule has 20 heavy (non-hydrogen) atoms. The summed E-state index contributed by atoms with van der Waals surface area (Å²) in [6.45, 7) is 2.25. The van der Waals surface area contributed by atoms with E-state index in [9.17, 15) is 4.79 Å². The van der Waals surface area contributed by atoms with Crippen LogP contribution in [0, 0.1) is 6.92 Å². The first-order valence-corrected chi connectivity index (χ1v) is 6.12. The molecule has 0 saturated carbocycles. The Morgan fingerprint density at radius 2 is 2.10 bits per heavy atom. The van der Waals surface area contributed by atoms with E-state index in [0.717, 1.165) is 5.56 Å². The van der Waals surface area contributed by atoms with Crippen molar-refractivity contribution in [3.05, 3.63) is 53.3 Å². The molecular weight excluding hydrogens is 256 g/mol. The minimum atomic E-state index is -0.409. The maximum atomic E-state index is 11.3. The molecule has 1 aromatic heterocycles. The molecule has 104 valence electrons. The lowest BCUT2D eigenvalue weighted by Crippen LogP contribution is -2.04. The Bertz CT molecular complexity index is 609. The van der Waals surface area contributed by atoms with Gasteiger partial charge in [0.2, 0.25) is 0 Å². The van der Waals surface area contributed by atoms with Gasteiger partial charge in [0.25, 0.3) is 0 Å². The normalized spacial score (nSPS) is 10.1. The molecule has 0 saturated heterocycles. The van der Waals surface area contributed by atoms with Crippen LogP contribution in [0.2, 0.25) is 0 Å². The fraction of sp³-hybridized carbons (Fsp3) is 0.200. The number of aryl methyl sites for hydroxylation is 1. The number of carbonyl (C=O) groups excluding carboxylic acids is 1. The van der Waals surface area contributed by atoms with Crippen LogP contribution in [0.3, 0.4) is 0 Å². The number of anilines is 1. The van der Waals surface area contributed by atoms with Crippen LogP contribution < -0.4 is 10.5 Å². The molecule has 0 radical (unpaired) electrons. The maximum absolute atomic E-state index is 11.3. The third kappa shape index (κ3) is 3.26. The van der Waals surface area contributed by atoms with Crippen molar-refractivity contribution in [1.29, 1.82) is 0 Å². The van der Waals surface area contributed by atoms with Crippen molar-refractivity contribution >= 4 is 11.7 Å². The standard InChI is InChI=1S/C15H16N2O3/c1-10-3-6-13(16)14(7-10)20-9-12-5-4-11(8-17-12)15(18)19-2/h3-8H,9,16H2,1-2H3. The number of nitrogens with two attached hydrogens (primary N) is 1. The topological polar surface area (TPSA) is 74.4 Å². The van der Waals surface area contributed by atoms with Gasteiger partial charge in [-0.25, -0.2) is 4.79 Å². The monoisotopic (exact) mass is 272 g/mol. The quantitative estimate of drug-likeness (QED) is 0.683. The Morgan fingerprint density at radius 1 is 1.30 bits per heavy atom. The van der Waals surface area contributed by atoms with Crippen LogP contribution in [-0.2, 0) is 11.3 Å². The van der Waals surface area contributed by atoms with E-state index in [0.29, 0.717) is 22.7 Å². The van der Waals surface area contributed by atoms with Crippen molar-refractivity contribution in [2.24, 2.45) is 0 Å². The van der Waals surface area contributed by atoms with Crippen molar-refractivity contribution in [1.82, 2.24) is 4.98 Å². The molecule has 1 heterocycles. The van der Waals surface area contributed by atoms with Crippen LogP contribution in [-0.4, -0.2) is 18.1 Å². The molecule has 5 nitrogen and oxygen atoms in total. The van der Waals surface area contributed by atoms with E-state index >= 15 is 0 Å². The highest BCUT2D eigenvalue weighted by Gasteiger charge is 2.06. The van der Waals surface area contributed by atoms with Crippen molar-refractivity contribution < 1.29 is 14.3 Å². The number of nitrogens with zero attached hydrogens (tertiary/aromatic N) is 1. The molecule has 0 aliphatic carbocycles. The molecule has 2 rings (SSSR count). The number of benzene rings is 1. The lowest BCUT2D eigenvalue weighted by molar-refractivity contribution is 0.0600. The van der Waals surface area contributed by atoms with Gasteiger partial charge >= 0.3 is 5.97 Å². The fourth-order valence-corrected chi connectivity index (χ4v) is 1.67. The predicted octanol–water partition coefficient (Wildman–Crippen LogP) is 2.34. The smallest absolute Gasteiger partial charge is 0.339 e. The zero-order valence-electron chi connectivity index (χ0n) is 11.4. The molecule has 2 aromatic rings. The minimum absolute atomic E-state index is 0.287. The summed E-state index contributed by atoms with van der Waals surface area (Å²) in [6, 6.07) is 8.97. The van der Waals surface area contributed by atoms with Gasteiger partial charge in [0.15, 0.2) is 0 Å². The summed E-state index contributed by atoms with van der Waals surface area (Å²) in [4.78, 5) is 15.4. The van der Waals surface area contributed by atoms with E-state index in [-0.39, 0.29) is 6.61 Å². The molecule has 0 atom stereocenters. The highest BCUT2D eigenvalue weighted by molar-refractivity contribution is 5.88. The van der Waals surface area contributed by atoms with Crippen molar-refractivity contribution in [3.63, 3.8) is 0 Å². The zero-order valence-corrected chi connectivity index (χ0v) is 11.4. The SMILES string of the molecule is COC(=O)c1ccc(COc2cc(C)ccc2N)nc1. The first-order valence-electron chi connectivity index (χ1n) is 6.12. The van der Waals surface area contributed by atoms with E-state index in [1.165, 1.54) is 13.3 Å². The third-order valence-corrected chi connectivity index (χ3v) is 2.79. The van der Waals surface area contributed by atoms with Crippen molar-refractivity contribution in [2.45, 2.75) is 13.5 Å². The maximum Gasteiger partial charge on any atom is 0.339 e. The molecule has 5 heteroatoms. The summed E-state index contributed by atoms with van der Waals surface area (Å²) < 4.78 is 10.2. The van der Waals surface area contributed by atoms with Crippen LogP contribution >= 0.6 is 0 Å². The van der Waals surface area contributed by atoms with Gasteiger partial charge in [-0.3, -0.25) is 4.98 Å². The summed E-state index contributed by atoms with van der Waals surface area (Å²) in [6.07, 6.45) is 1.46.